The average Bonchev–Trinajstić information content (AvgIpc) is 1.72. The van der Waals surface area contributed by atoms with E-state index >= 15 is 0 Å². The normalized spacial score (nSPS) is 11.6. The van der Waals surface area contributed by atoms with E-state index in [0.717, 1.165) is 177 Å². The van der Waals surface area contributed by atoms with Crippen molar-refractivity contribution in [1.29, 1.82) is 0 Å². The second-order valence-electron chi connectivity index (χ2n) is 22.0. The van der Waals surface area contributed by atoms with Gasteiger partial charge in [-0.1, -0.05) is 164 Å². The fourth-order valence-electron chi connectivity index (χ4n) is 12.2. The zero-order valence-corrected chi connectivity index (χ0v) is 47.7. The summed E-state index contributed by atoms with van der Waals surface area (Å²) in [6, 6.07) is 88.5. The summed E-state index contributed by atoms with van der Waals surface area (Å²) in [7, 11) is 0. The Hall–Kier alpha value is -12.6. The Labute approximate surface area is 512 Å². The summed E-state index contributed by atoms with van der Waals surface area (Å²) in [4.78, 5) is 34.5. The molecule has 18 aromatic rings. The number of fused-ring (bicyclic) bond motifs is 13. The highest BCUT2D eigenvalue weighted by molar-refractivity contribution is 6.22. The molecule has 90 heavy (non-hydrogen) atoms. The Bertz CT molecular complexity index is 5750. The van der Waals surface area contributed by atoms with Crippen LogP contribution in [0.5, 0.6) is 0 Å². The van der Waals surface area contributed by atoms with E-state index in [1.807, 2.05) is 103 Å². The van der Waals surface area contributed by atoms with E-state index in [4.69, 9.17) is 34.2 Å². The molecule has 0 aliphatic carbocycles. The Morgan fingerprint density at radius 3 is 1.22 bits per heavy atom. The highest BCUT2D eigenvalue weighted by Gasteiger charge is 2.20. The van der Waals surface area contributed by atoms with Gasteiger partial charge >= 0.3 is 0 Å². The summed E-state index contributed by atoms with van der Waals surface area (Å²) in [6.07, 6.45) is 3.57. The zero-order valence-electron chi connectivity index (χ0n) is 47.7. The maximum Gasteiger partial charge on any atom is 0.143 e. The van der Waals surface area contributed by atoms with E-state index in [1.165, 1.54) is 0 Å². The highest BCUT2D eigenvalue weighted by Crippen LogP contribution is 2.40. The first-order valence-corrected chi connectivity index (χ1v) is 29.4. The van der Waals surface area contributed by atoms with Gasteiger partial charge in [0.2, 0.25) is 0 Å². The minimum absolute atomic E-state index is 0.722. The van der Waals surface area contributed by atoms with Crippen LogP contribution in [-0.4, -0.2) is 55.5 Å². The number of rotatable bonds is 8. The number of aromatic nitrogens is 11. The number of benzene rings is 9. The van der Waals surface area contributed by atoms with Crippen molar-refractivity contribution in [2.24, 2.45) is 0 Å². The van der Waals surface area contributed by atoms with Crippen LogP contribution in [0.1, 0.15) is 0 Å². The first-order valence-electron chi connectivity index (χ1n) is 29.4. The van der Waals surface area contributed by atoms with Gasteiger partial charge in [-0.3, -0.25) is 9.97 Å². The zero-order chi connectivity index (χ0) is 59.5. The van der Waals surface area contributed by atoms with Crippen LogP contribution in [0, 0.1) is 0 Å². The van der Waals surface area contributed by atoms with E-state index in [2.05, 4.69) is 188 Å². The van der Waals surface area contributed by atoms with Crippen LogP contribution in [0.2, 0.25) is 0 Å². The molecule has 0 aliphatic heterocycles. The molecule has 0 bridgehead atoms. The van der Waals surface area contributed by atoms with Crippen molar-refractivity contribution in [2.45, 2.75) is 0 Å². The number of hydrogen-bond donors (Lipinski definition) is 0. The van der Waals surface area contributed by atoms with E-state index in [9.17, 15) is 0 Å². The van der Waals surface area contributed by atoms with Crippen molar-refractivity contribution >= 4 is 87.2 Å². The third-order valence-corrected chi connectivity index (χ3v) is 16.6. The summed E-state index contributed by atoms with van der Waals surface area (Å²) >= 11 is 0. The molecule has 9 aromatic heterocycles. The average molecular weight is 1160 g/mol. The fraction of sp³-hybridized carbons (Fsp3) is 0. The van der Waals surface area contributed by atoms with Crippen LogP contribution in [0.3, 0.4) is 0 Å². The molecule has 0 N–H and O–H groups in total. The lowest BCUT2D eigenvalue weighted by Crippen LogP contribution is -1.94. The molecule has 0 unspecified atom stereocenters. The first kappa shape index (κ1) is 51.8. The topological polar surface area (TPSA) is 168 Å². The molecule has 13 nitrogen and oxygen atoms in total. The predicted molar refractivity (Wildman–Crippen MR) is 357 cm³/mol. The van der Waals surface area contributed by atoms with Gasteiger partial charge in [-0.2, -0.15) is 0 Å². The van der Waals surface area contributed by atoms with E-state index in [-0.39, 0.29) is 0 Å². The maximum atomic E-state index is 5.18. The van der Waals surface area contributed by atoms with Crippen molar-refractivity contribution in [3.8, 4) is 90.1 Å². The van der Waals surface area contributed by atoms with Crippen molar-refractivity contribution in [1.82, 2.24) is 55.5 Å². The van der Waals surface area contributed by atoms with Crippen LogP contribution < -0.4 is 0 Å². The Kier molecular flexibility index (Phi) is 12.5. The lowest BCUT2D eigenvalue weighted by molar-refractivity contribution is 0.316. The maximum absolute atomic E-state index is 5.18. The van der Waals surface area contributed by atoms with Crippen LogP contribution in [0.15, 0.2) is 283 Å². The minimum Gasteiger partial charge on any atom is -0.255 e. The smallest absolute Gasteiger partial charge is 0.143 e. The van der Waals surface area contributed by atoms with Crippen LogP contribution in [0.4, 0.5) is 0 Å². The fourth-order valence-corrected chi connectivity index (χ4v) is 12.2. The van der Waals surface area contributed by atoms with Gasteiger partial charge in [0.1, 0.15) is 22.1 Å². The molecule has 0 atom stereocenters. The summed E-state index contributed by atoms with van der Waals surface area (Å²) in [5, 5.41) is 24.8. The number of hydrogen-bond acceptors (Lipinski definition) is 13. The number of para-hydroxylation sites is 2. The Morgan fingerprint density at radius 1 is 0.222 bits per heavy atom. The van der Waals surface area contributed by atoms with Crippen molar-refractivity contribution in [2.75, 3.05) is 0 Å². The molecular weight excluding hydrogens is 1110 g/mol. The molecule has 0 fully saturated rings. The predicted octanol–water partition coefficient (Wildman–Crippen LogP) is 18.5. The molecule has 420 valence electrons. The van der Waals surface area contributed by atoms with Crippen molar-refractivity contribution in [3.05, 3.63) is 273 Å². The van der Waals surface area contributed by atoms with Gasteiger partial charge in [-0.15, -0.1) is 0 Å². The summed E-state index contributed by atoms with van der Waals surface area (Å²) in [6.45, 7) is 0. The SMILES string of the molecule is c1ccc(-c2cc(-c3ccc(-c4cccc(-c5nc6ccccc6c6c5ccc5nonc56)c4)cc3)cc(-c3ccccn3)n2)nc1.c1ccc(-c2ccc3ccc4ccc(-c5cccc(-c6nc7ccccc7c7c6ccc6nonc67)c5)nc4c3n2)cc1. The summed E-state index contributed by atoms with van der Waals surface area (Å²) < 4.78 is 10.2. The molecule has 9 heterocycles. The lowest BCUT2D eigenvalue weighted by Gasteiger charge is -2.12. The molecular formula is C77H45N11O2. The third-order valence-electron chi connectivity index (χ3n) is 16.6. The van der Waals surface area contributed by atoms with Crippen molar-refractivity contribution < 1.29 is 9.26 Å². The molecule has 0 saturated carbocycles. The van der Waals surface area contributed by atoms with Gasteiger partial charge in [0.05, 0.1) is 67.6 Å². The van der Waals surface area contributed by atoms with E-state index in [0.29, 0.717) is 0 Å². The van der Waals surface area contributed by atoms with Gasteiger partial charge in [-0.25, -0.2) is 34.2 Å². The van der Waals surface area contributed by atoms with Crippen LogP contribution >= 0.6 is 0 Å². The van der Waals surface area contributed by atoms with Crippen LogP contribution in [0.25, 0.3) is 177 Å². The summed E-state index contributed by atoms with van der Waals surface area (Å²) in [5.74, 6) is 0. The molecule has 0 saturated heterocycles. The summed E-state index contributed by atoms with van der Waals surface area (Å²) in [5.41, 5.74) is 21.7. The monoisotopic (exact) mass is 1160 g/mol. The molecule has 0 amide bonds. The first-order chi connectivity index (χ1) is 44.6. The second kappa shape index (κ2) is 21.7. The Morgan fingerprint density at radius 2 is 0.678 bits per heavy atom. The van der Waals surface area contributed by atoms with Crippen molar-refractivity contribution in [3.63, 3.8) is 0 Å². The molecule has 0 radical (unpaired) electrons. The quantitative estimate of drug-likeness (QED) is 0.132. The van der Waals surface area contributed by atoms with Gasteiger partial charge in [-0.05, 0) is 140 Å². The van der Waals surface area contributed by atoms with Crippen LogP contribution in [-0.2, 0) is 0 Å². The molecule has 9 aromatic carbocycles. The van der Waals surface area contributed by atoms with Gasteiger partial charge in [0.25, 0.3) is 0 Å². The number of pyridine rings is 7. The van der Waals surface area contributed by atoms with E-state index < -0.39 is 0 Å². The van der Waals surface area contributed by atoms with Gasteiger partial charge in [0.15, 0.2) is 0 Å². The molecule has 13 heteroatoms. The standard InChI is InChI=1S/C40H24N6O.C37H21N5O/c1-2-11-32-30(10-1)38-31(18-19-35-40(38)46-47-45-35)39(44-32)28-9-7-8-27(22-28)25-14-16-26(17-15-25)29-23-36(33-12-3-5-20-41-33)43-37(24-29)34-13-4-6-21-42-34;1-2-7-22(8-3-1)29-18-15-23-13-14-24-16-19-30(39-36(24)35(23)38-29)25-9-6-10-26(21-25)34-28-17-20-32-37(42-43-41-32)33(28)27-11-4-5-12-31(27)40-34/h1-24H;1-21H. The molecule has 0 spiro atoms. The molecule has 0 aliphatic rings. The highest BCUT2D eigenvalue weighted by atomic mass is 16.6. The molecule has 18 rings (SSSR count). The number of nitrogens with zero attached hydrogens (tertiary/aromatic N) is 11. The van der Waals surface area contributed by atoms with E-state index in [1.54, 1.807) is 12.4 Å². The third kappa shape index (κ3) is 9.25. The van der Waals surface area contributed by atoms with Gasteiger partial charge in [0, 0.05) is 77.7 Å². The minimum atomic E-state index is 0.722. The second-order valence-corrected chi connectivity index (χ2v) is 22.0. The lowest BCUT2D eigenvalue weighted by atomic mass is 9.95. The Balaban J connectivity index is 0.000000139. The van der Waals surface area contributed by atoms with Gasteiger partial charge < -0.3 is 0 Å². The largest absolute Gasteiger partial charge is 0.255 e.